The Hall–Kier alpha value is -2.06. The number of hydrogen-bond donors (Lipinski definition) is 2. The quantitative estimate of drug-likeness (QED) is 0.695. The van der Waals surface area contributed by atoms with Crippen molar-refractivity contribution in [1.29, 1.82) is 0 Å². The lowest BCUT2D eigenvalue weighted by atomic mass is 10.3. The zero-order valence-corrected chi connectivity index (χ0v) is 14.9. The number of likely N-dealkylation sites (N-methyl/N-ethyl adjacent to an activating group) is 1. The monoisotopic (exact) mass is 353 g/mol. The molecule has 0 saturated carbocycles. The Morgan fingerprint density at radius 2 is 1.88 bits per heavy atom. The maximum absolute atomic E-state index is 12.1. The Balaban J connectivity index is 2.50. The maximum Gasteiger partial charge on any atom is 0.413 e. The van der Waals surface area contributed by atoms with Crippen molar-refractivity contribution in [3.63, 3.8) is 0 Å². The van der Waals surface area contributed by atoms with Gasteiger partial charge in [-0.3, -0.25) is 19.8 Å². The molecule has 0 fully saturated rings. The molecule has 7 nitrogen and oxygen atoms in total. The number of benzene rings is 1. The first-order chi connectivity index (χ1) is 11.5. The van der Waals surface area contributed by atoms with Crippen molar-refractivity contribution in [3.05, 3.63) is 24.3 Å². The van der Waals surface area contributed by atoms with Gasteiger partial charge in [-0.25, -0.2) is 4.79 Å². The second-order valence-corrected chi connectivity index (χ2v) is 5.73. The van der Waals surface area contributed by atoms with Gasteiger partial charge in [0.05, 0.1) is 19.7 Å². The molecule has 1 rings (SSSR count). The van der Waals surface area contributed by atoms with Crippen molar-refractivity contribution in [2.75, 3.05) is 37.8 Å². The number of ether oxygens (including phenoxy) is 1. The molecule has 0 bridgehead atoms. The number of hydrogen-bond acceptors (Lipinski definition) is 6. The van der Waals surface area contributed by atoms with Gasteiger partial charge in [-0.15, -0.1) is 11.8 Å². The van der Waals surface area contributed by atoms with Gasteiger partial charge >= 0.3 is 6.09 Å². The van der Waals surface area contributed by atoms with Crippen molar-refractivity contribution in [1.82, 2.24) is 10.2 Å². The van der Waals surface area contributed by atoms with Crippen molar-refractivity contribution in [2.45, 2.75) is 18.7 Å². The molecule has 0 saturated heterocycles. The van der Waals surface area contributed by atoms with Gasteiger partial charge in [-0.05, 0) is 37.9 Å². The summed E-state index contributed by atoms with van der Waals surface area (Å²) in [5, 5.41) is 4.91. The Labute approximate surface area is 146 Å². The van der Waals surface area contributed by atoms with Crippen molar-refractivity contribution >= 4 is 35.4 Å². The Kier molecular flexibility index (Phi) is 8.88. The number of nitrogens with one attached hydrogen (secondary N) is 2. The molecule has 8 heteroatoms. The van der Waals surface area contributed by atoms with Crippen LogP contribution in [0.15, 0.2) is 29.2 Å². The third kappa shape index (κ3) is 7.47. The third-order valence-corrected chi connectivity index (χ3v) is 3.78. The van der Waals surface area contributed by atoms with E-state index in [0.29, 0.717) is 12.2 Å². The lowest BCUT2D eigenvalue weighted by Crippen LogP contribution is -2.43. The molecule has 0 spiro atoms. The van der Waals surface area contributed by atoms with E-state index >= 15 is 0 Å². The molecule has 3 amide bonds. The molecular weight excluding hydrogens is 330 g/mol. The van der Waals surface area contributed by atoms with Gasteiger partial charge in [0, 0.05) is 10.6 Å². The average Bonchev–Trinajstić information content (AvgIpc) is 2.54. The van der Waals surface area contributed by atoms with Crippen LogP contribution in [0.4, 0.5) is 10.5 Å². The first kappa shape index (κ1) is 20.0. The van der Waals surface area contributed by atoms with Crippen LogP contribution in [-0.2, 0) is 14.3 Å². The van der Waals surface area contributed by atoms with Crippen LogP contribution in [-0.4, -0.2) is 55.3 Å². The van der Waals surface area contributed by atoms with E-state index in [1.807, 2.05) is 31.4 Å². The molecule has 24 heavy (non-hydrogen) atoms. The molecular formula is C16H23N3O4S. The number of nitrogens with zero attached hydrogens (tertiary/aromatic N) is 1. The Morgan fingerprint density at radius 3 is 2.50 bits per heavy atom. The van der Waals surface area contributed by atoms with Crippen LogP contribution in [0.3, 0.4) is 0 Å². The van der Waals surface area contributed by atoms with E-state index in [-0.39, 0.29) is 25.6 Å². The van der Waals surface area contributed by atoms with Crippen LogP contribution in [0.2, 0.25) is 0 Å². The molecule has 0 aliphatic carbocycles. The van der Waals surface area contributed by atoms with Crippen molar-refractivity contribution in [3.8, 4) is 0 Å². The Morgan fingerprint density at radius 1 is 1.17 bits per heavy atom. The first-order valence-electron chi connectivity index (χ1n) is 7.61. The van der Waals surface area contributed by atoms with E-state index < -0.39 is 12.0 Å². The lowest BCUT2D eigenvalue weighted by Gasteiger charge is -2.19. The van der Waals surface area contributed by atoms with Gasteiger partial charge in [0.25, 0.3) is 0 Å². The number of rotatable bonds is 8. The summed E-state index contributed by atoms with van der Waals surface area (Å²) in [6, 6.07) is 7.51. The largest absolute Gasteiger partial charge is 0.450 e. The highest BCUT2D eigenvalue weighted by molar-refractivity contribution is 7.98. The standard InChI is InChI=1S/C16H23N3O4S/c1-4-19(11-15(21)18-16(22)23-5-2)10-14(20)17-12-7-6-8-13(9-12)24-3/h6-9H,4-5,10-11H2,1-3H3,(H,17,20)(H,18,21,22). The second kappa shape index (κ2) is 10.7. The molecule has 0 aliphatic rings. The highest BCUT2D eigenvalue weighted by atomic mass is 32.2. The second-order valence-electron chi connectivity index (χ2n) is 4.85. The zero-order chi connectivity index (χ0) is 17.9. The number of thioether (sulfide) groups is 1. The van der Waals surface area contributed by atoms with Gasteiger partial charge in [0.1, 0.15) is 0 Å². The molecule has 0 unspecified atom stereocenters. The predicted molar refractivity (Wildman–Crippen MR) is 94.1 cm³/mol. The summed E-state index contributed by atoms with van der Waals surface area (Å²) < 4.78 is 4.64. The van der Waals surface area contributed by atoms with E-state index in [9.17, 15) is 14.4 Å². The zero-order valence-electron chi connectivity index (χ0n) is 14.1. The molecule has 0 aliphatic heterocycles. The normalized spacial score (nSPS) is 10.3. The van der Waals surface area contributed by atoms with Crippen LogP contribution in [0, 0.1) is 0 Å². The van der Waals surface area contributed by atoms with Crippen LogP contribution in [0.1, 0.15) is 13.8 Å². The first-order valence-corrected chi connectivity index (χ1v) is 8.83. The minimum absolute atomic E-state index is 0.0518. The molecule has 0 heterocycles. The maximum atomic E-state index is 12.1. The van der Waals surface area contributed by atoms with E-state index in [4.69, 9.17) is 0 Å². The van der Waals surface area contributed by atoms with Crippen molar-refractivity contribution in [2.24, 2.45) is 0 Å². The van der Waals surface area contributed by atoms with Crippen LogP contribution < -0.4 is 10.6 Å². The number of carbonyl (C=O) groups is 3. The van der Waals surface area contributed by atoms with Crippen LogP contribution in [0.25, 0.3) is 0 Å². The molecule has 0 aromatic heterocycles. The number of imide groups is 1. The fraction of sp³-hybridized carbons (Fsp3) is 0.438. The number of alkyl carbamates (subject to hydrolysis) is 1. The van der Waals surface area contributed by atoms with Crippen LogP contribution >= 0.6 is 11.8 Å². The number of anilines is 1. The van der Waals surface area contributed by atoms with Crippen LogP contribution in [0.5, 0.6) is 0 Å². The van der Waals surface area contributed by atoms with Gasteiger partial charge in [0.15, 0.2) is 0 Å². The summed E-state index contributed by atoms with van der Waals surface area (Å²) in [5.74, 6) is -0.730. The summed E-state index contributed by atoms with van der Waals surface area (Å²) in [7, 11) is 0. The molecule has 1 aromatic carbocycles. The number of amides is 3. The third-order valence-electron chi connectivity index (χ3n) is 3.05. The summed E-state index contributed by atoms with van der Waals surface area (Å²) in [5.41, 5.74) is 0.707. The minimum Gasteiger partial charge on any atom is -0.450 e. The molecule has 1 aromatic rings. The average molecular weight is 353 g/mol. The molecule has 0 radical (unpaired) electrons. The highest BCUT2D eigenvalue weighted by Gasteiger charge is 2.15. The van der Waals surface area contributed by atoms with Gasteiger partial charge in [-0.1, -0.05) is 13.0 Å². The SMILES string of the molecule is CCOC(=O)NC(=O)CN(CC)CC(=O)Nc1cccc(SC)c1. The Bertz CT molecular complexity index is 580. The fourth-order valence-electron chi connectivity index (χ4n) is 1.91. The van der Waals surface area contributed by atoms with Gasteiger partial charge in [0.2, 0.25) is 11.8 Å². The summed E-state index contributed by atoms with van der Waals surface area (Å²) in [6.45, 7) is 4.16. The van der Waals surface area contributed by atoms with Gasteiger partial charge < -0.3 is 10.1 Å². The predicted octanol–water partition coefficient (Wildman–Crippen LogP) is 1.94. The summed E-state index contributed by atoms with van der Waals surface area (Å²) in [4.78, 5) is 37.7. The topological polar surface area (TPSA) is 87.7 Å². The molecule has 132 valence electrons. The molecule has 2 N–H and O–H groups in total. The fourth-order valence-corrected chi connectivity index (χ4v) is 2.37. The van der Waals surface area contributed by atoms with E-state index in [1.165, 1.54) is 0 Å². The van der Waals surface area contributed by atoms with E-state index in [1.54, 1.807) is 29.7 Å². The highest BCUT2D eigenvalue weighted by Crippen LogP contribution is 2.18. The van der Waals surface area contributed by atoms with Crippen molar-refractivity contribution < 1.29 is 19.1 Å². The summed E-state index contributed by atoms with van der Waals surface area (Å²) in [6.07, 6.45) is 1.18. The van der Waals surface area contributed by atoms with E-state index in [0.717, 1.165) is 4.90 Å². The van der Waals surface area contributed by atoms with E-state index in [2.05, 4.69) is 15.4 Å². The summed E-state index contributed by atoms with van der Waals surface area (Å²) >= 11 is 1.59. The van der Waals surface area contributed by atoms with Gasteiger partial charge in [-0.2, -0.15) is 0 Å². The molecule has 0 atom stereocenters. The minimum atomic E-state index is -0.781. The number of carbonyl (C=O) groups excluding carboxylic acids is 3. The smallest absolute Gasteiger partial charge is 0.413 e. The lowest BCUT2D eigenvalue weighted by molar-refractivity contribution is -0.122.